The minimum absolute atomic E-state index is 0.278. The molecule has 0 fully saturated rings. The molecule has 5 heteroatoms. The highest BCUT2D eigenvalue weighted by Crippen LogP contribution is 2.27. The van der Waals surface area contributed by atoms with Gasteiger partial charge in [-0.1, -0.05) is 0 Å². The highest BCUT2D eigenvalue weighted by molar-refractivity contribution is 7.08. The minimum atomic E-state index is -0.457. The van der Waals surface area contributed by atoms with Crippen molar-refractivity contribution < 1.29 is 14.3 Å². The van der Waals surface area contributed by atoms with E-state index in [-0.39, 0.29) is 6.09 Å². The average molecular weight is 255 g/mol. The fraction of sp³-hybridized carbons (Fsp3) is 0.583. The van der Waals surface area contributed by atoms with Gasteiger partial charge >= 0.3 is 6.09 Å². The van der Waals surface area contributed by atoms with Crippen LogP contribution in [0.5, 0.6) is 5.75 Å². The van der Waals surface area contributed by atoms with Crippen molar-refractivity contribution in [3.63, 3.8) is 0 Å². The molecule has 1 aromatic heterocycles. The zero-order valence-corrected chi connectivity index (χ0v) is 11.2. The highest BCUT2D eigenvalue weighted by atomic mass is 32.1. The Morgan fingerprint density at radius 2 is 2.24 bits per heavy atom. The van der Waals surface area contributed by atoms with Crippen LogP contribution in [0.4, 0.5) is 4.79 Å². The van der Waals surface area contributed by atoms with E-state index in [1.165, 1.54) is 0 Å². The highest BCUT2D eigenvalue weighted by Gasteiger charge is 2.25. The molecule has 0 spiro atoms. The lowest BCUT2D eigenvalue weighted by molar-refractivity contribution is 0.0225. The van der Waals surface area contributed by atoms with E-state index in [2.05, 4.69) is 0 Å². The molecule has 2 rings (SSSR count). The van der Waals surface area contributed by atoms with Gasteiger partial charge in [0.05, 0.1) is 13.1 Å². The Kier molecular flexibility index (Phi) is 3.28. The number of fused-ring (bicyclic) bond motifs is 1. The first kappa shape index (κ1) is 12.2. The maximum atomic E-state index is 11.9. The molecule has 2 heterocycles. The standard InChI is InChI=1S/C12H17NO3S/c1-12(2,3)16-11(14)13-4-5-15-10-8-17-7-9(10)6-13/h7-8H,4-6H2,1-3H3. The maximum Gasteiger partial charge on any atom is 0.410 e. The number of ether oxygens (including phenoxy) is 2. The Hall–Kier alpha value is -1.23. The Balaban J connectivity index is 2.06. The van der Waals surface area contributed by atoms with Crippen molar-refractivity contribution in [2.45, 2.75) is 32.9 Å². The summed E-state index contributed by atoms with van der Waals surface area (Å²) >= 11 is 1.59. The van der Waals surface area contributed by atoms with Crippen molar-refractivity contribution in [2.24, 2.45) is 0 Å². The lowest BCUT2D eigenvalue weighted by Crippen LogP contribution is -2.37. The molecule has 0 aliphatic carbocycles. The van der Waals surface area contributed by atoms with Gasteiger partial charge in [0, 0.05) is 10.9 Å². The smallest absolute Gasteiger partial charge is 0.410 e. The molecular formula is C12H17NO3S. The molecule has 0 atom stereocenters. The summed E-state index contributed by atoms with van der Waals surface area (Å²) in [5, 5.41) is 3.98. The summed E-state index contributed by atoms with van der Waals surface area (Å²) in [5.41, 5.74) is 0.597. The van der Waals surface area contributed by atoms with Crippen LogP contribution in [-0.4, -0.2) is 29.7 Å². The number of rotatable bonds is 0. The third-order valence-corrected chi connectivity index (χ3v) is 3.10. The van der Waals surface area contributed by atoms with Gasteiger partial charge in [0.1, 0.15) is 18.0 Å². The van der Waals surface area contributed by atoms with Crippen molar-refractivity contribution in [1.29, 1.82) is 0 Å². The zero-order valence-electron chi connectivity index (χ0n) is 10.4. The van der Waals surface area contributed by atoms with Gasteiger partial charge in [-0.25, -0.2) is 4.79 Å². The first-order chi connectivity index (χ1) is 7.96. The Morgan fingerprint density at radius 1 is 1.47 bits per heavy atom. The molecular weight excluding hydrogens is 238 g/mol. The first-order valence-electron chi connectivity index (χ1n) is 5.61. The molecule has 94 valence electrons. The van der Waals surface area contributed by atoms with E-state index in [4.69, 9.17) is 9.47 Å². The Bertz CT molecular complexity index is 408. The molecule has 1 aliphatic rings. The number of thiophene rings is 1. The predicted molar refractivity (Wildman–Crippen MR) is 66.5 cm³/mol. The SMILES string of the molecule is CC(C)(C)OC(=O)N1CCOc2cscc2C1. The fourth-order valence-electron chi connectivity index (χ4n) is 1.59. The Morgan fingerprint density at radius 3 is 2.94 bits per heavy atom. The lowest BCUT2D eigenvalue weighted by atomic mass is 10.2. The topological polar surface area (TPSA) is 38.8 Å². The summed E-state index contributed by atoms with van der Waals surface area (Å²) in [7, 11) is 0. The average Bonchev–Trinajstić information content (AvgIpc) is 2.53. The molecule has 0 radical (unpaired) electrons. The molecule has 0 N–H and O–H groups in total. The van der Waals surface area contributed by atoms with Crippen molar-refractivity contribution in [1.82, 2.24) is 4.90 Å². The fourth-order valence-corrected chi connectivity index (χ4v) is 2.35. The molecule has 4 nitrogen and oxygen atoms in total. The number of hydrogen-bond acceptors (Lipinski definition) is 4. The van der Waals surface area contributed by atoms with E-state index in [1.54, 1.807) is 16.2 Å². The van der Waals surface area contributed by atoms with Gasteiger partial charge in [0.15, 0.2) is 0 Å². The van der Waals surface area contributed by atoms with Crippen LogP contribution < -0.4 is 4.74 Å². The second-order valence-electron chi connectivity index (χ2n) is 5.01. The number of hydrogen-bond donors (Lipinski definition) is 0. The lowest BCUT2D eigenvalue weighted by Gasteiger charge is -2.25. The number of carbonyl (C=O) groups excluding carboxylic acids is 1. The number of carbonyl (C=O) groups is 1. The van der Waals surface area contributed by atoms with E-state index >= 15 is 0 Å². The van der Waals surface area contributed by atoms with Gasteiger partial charge in [-0.2, -0.15) is 0 Å². The van der Waals surface area contributed by atoms with Crippen LogP contribution in [-0.2, 0) is 11.3 Å². The molecule has 0 aromatic carbocycles. The van der Waals surface area contributed by atoms with E-state index in [9.17, 15) is 4.79 Å². The van der Waals surface area contributed by atoms with Gasteiger partial charge in [0.2, 0.25) is 0 Å². The molecule has 0 bridgehead atoms. The molecule has 1 aromatic rings. The molecule has 1 aliphatic heterocycles. The van der Waals surface area contributed by atoms with Crippen LogP contribution in [0, 0.1) is 0 Å². The summed E-state index contributed by atoms with van der Waals surface area (Å²) in [6, 6.07) is 0. The van der Waals surface area contributed by atoms with Crippen LogP contribution in [0.1, 0.15) is 26.3 Å². The third-order valence-electron chi connectivity index (χ3n) is 2.33. The van der Waals surface area contributed by atoms with Crippen LogP contribution in [0.2, 0.25) is 0 Å². The maximum absolute atomic E-state index is 11.9. The zero-order chi connectivity index (χ0) is 12.5. The second kappa shape index (κ2) is 4.56. The van der Waals surface area contributed by atoms with Crippen LogP contribution in [0.15, 0.2) is 10.8 Å². The van der Waals surface area contributed by atoms with Crippen LogP contribution in [0.25, 0.3) is 0 Å². The van der Waals surface area contributed by atoms with Crippen LogP contribution in [0.3, 0.4) is 0 Å². The van der Waals surface area contributed by atoms with Gasteiger partial charge in [0.25, 0.3) is 0 Å². The van der Waals surface area contributed by atoms with Gasteiger partial charge in [-0.15, -0.1) is 11.3 Å². The molecule has 0 saturated heterocycles. The summed E-state index contributed by atoms with van der Waals surface area (Å²) in [5.74, 6) is 0.890. The van der Waals surface area contributed by atoms with E-state index < -0.39 is 5.60 Å². The predicted octanol–water partition coefficient (Wildman–Crippen LogP) is 2.88. The largest absolute Gasteiger partial charge is 0.491 e. The summed E-state index contributed by atoms with van der Waals surface area (Å²) in [4.78, 5) is 13.6. The van der Waals surface area contributed by atoms with Crippen LogP contribution >= 0.6 is 11.3 Å². The van der Waals surface area contributed by atoms with Gasteiger partial charge < -0.3 is 14.4 Å². The van der Waals surface area contributed by atoms with Crippen molar-refractivity contribution in [2.75, 3.05) is 13.2 Å². The van der Waals surface area contributed by atoms with Crippen molar-refractivity contribution in [3.05, 3.63) is 16.3 Å². The van der Waals surface area contributed by atoms with Gasteiger partial charge in [-0.3, -0.25) is 0 Å². The number of nitrogens with zero attached hydrogens (tertiary/aromatic N) is 1. The van der Waals surface area contributed by atoms with E-state index in [0.29, 0.717) is 19.7 Å². The van der Waals surface area contributed by atoms with Crippen molar-refractivity contribution >= 4 is 17.4 Å². The minimum Gasteiger partial charge on any atom is -0.491 e. The van der Waals surface area contributed by atoms with E-state index in [1.807, 2.05) is 31.5 Å². The second-order valence-corrected chi connectivity index (χ2v) is 5.76. The molecule has 1 amide bonds. The first-order valence-corrected chi connectivity index (χ1v) is 6.56. The molecule has 17 heavy (non-hydrogen) atoms. The molecule has 0 unspecified atom stereocenters. The quantitative estimate of drug-likeness (QED) is 0.715. The Labute approximate surface area is 105 Å². The molecule has 0 saturated carbocycles. The normalized spacial score (nSPS) is 15.8. The van der Waals surface area contributed by atoms with Crippen molar-refractivity contribution in [3.8, 4) is 5.75 Å². The summed E-state index contributed by atoms with van der Waals surface area (Å²) < 4.78 is 10.9. The third kappa shape index (κ3) is 3.12. The summed E-state index contributed by atoms with van der Waals surface area (Å²) in [6.45, 7) is 7.25. The van der Waals surface area contributed by atoms with E-state index in [0.717, 1.165) is 11.3 Å². The van der Waals surface area contributed by atoms with Gasteiger partial charge in [-0.05, 0) is 26.2 Å². The summed E-state index contributed by atoms with van der Waals surface area (Å²) in [6.07, 6.45) is -0.278. The monoisotopic (exact) mass is 255 g/mol. The number of amides is 1.